The van der Waals surface area contributed by atoms with E-state index in [1.807, 2.05) is 0 Å². The van der Waals surface area contributed by atoms with Crippen molar-refractivity contribution in [3.63, 3.8) is 0 Å². The Morgan fingerprint density at radius 1 is 1.00 bits per heavy atom. The van der Waals surface area contributed by atoms with Crippen LogP contribution in [0.4, 0.5) is 0 Å². The highest BCUT2D eigenvalue weighted by Gasteiger charge is 2.02. The zero-order valence-electron chi connectivity index (χ0n) is 11.8. The molecule has 100 valence electrons. The summed E-state index contributed by atoms with van der Waals surface area (Å²) >= 11 is 1.80. The summed E-state index contributed by atoms with van der Waals surface area (Å²) in [4.78, 5) is 2.55. The third kappa shape index (κ3) is 3.62. The van der Waals surface area contributed by atoms with Gasteiger partial charge >= 0.3 is 0 Å². The second-order valence-corrected chi connectivity index (χ2v) is 6.27. The molecule has 0 fully saturated rings. The van der Waals surface area contributed by atoms with Gasteiger partial charge in [-0.15, -0.1) is 0 Å². The Hall–Kier alpha value is -1.25. The molecule has 2 N–H and O–H groups in total. The van der Waals surface area contributed by atoms with Crippen LogP contribution < -0.4 is 5.73 Å². The lowest BCUT2D eigenvalue weighted by molar-refractivity contribution is 0.865. The Bertz CT molecular complexity index is 544. The van der Waals surface area contributed by atoms with Crippen LogP contribution in [0.15, 0.2) is 52.3 Å². The van der Waals surface area contributed by atoms with Crippen LogP contribution in [-0.4, -0.2) is 0 Å². The van der Waals surface area contributed by atoms with Gasteiger partial charge in [0.25, 0.3) is 0 Å². The van der Waals surface area contributed by atoms with Crippen LogP contribution in [0.2, 0.25) is 0 Å². The molecule has 1 nitrogen and oxygen atoms in total. The highest BCUT2D eigenvalue weighted by molar-refractivity contribution is 7.99. The zero-order chi connectivity index (χ0) is 13.8. The summed E-state index contributed by atoms with van der Waals surface area (Å²) in [5.74, 6) is 0.588. The maximum atomic E-state index is 5.69. The van der Waals surface area contributed by atoms with Crippen LogP contribution in [0.5, 0.6) is 0 Å². The van der Waals surface area contributed by atoms with Gasteiger partial charge in [0.1, 0.15) is 0 Å². The SMILES string of the molecule is Cc1cc(Sc2ccc(C(C)C)cc2)ccc1CN. The molecule has 2 rings (SSSR count). The Labute approximate surface area is 120 Å². The first kappa shape index (κ1) is 14.2. The van der Waals surface area contributed by atoms with Crippen LogP contribution in [0.1, 0.15) is 36.5 Å². The topological polar surface area (TPSA) is 26.0 Å². The van der Waals surface area contributed by atoms with Crippen molar-refractivity contribution in [2.45, 2.75) is 43.0 Å². The number of nitrogens with two attached hydrogens (primary N) is 1. The summed E-state index contributed by atoms with van der Waals surface area (Å²) in [5.41, 5.74) is 9.57. The molecule has 0 bridgehead atoms. The molecule has 2 aromatic rings. The molecular weight excluding hydrogens is 250 g/mol. The molecule has 19 heavy (non-hydrogen) atoms. The summed E-state index contributed by atoms with van der Waals surface area (Å²) in [6, 6.07) is 15.3. The van der Waals surface area contributed by atoms with E-state index in [0.29, 0.717) is 12.5 Å². The van der Waals surface area contributed by atoms with Crippen molar-refractivity contribution >= 4 is 11.8 Å². The molecule has 0 heterocycles. The van der Waals surface area contributed by atoms with Crippen molar-refractivity contribution in [3.8, 4) is 0 Å². The normalized spacial score (nSPS) is 11.0. The number of aryl methyl sites for hydroxylation is 1. The molecular formula is C17H21NS. The molecule has 0 unspecified atom stereocenters. The van der Waals surface area contributed by atoms with Crippen molar-refractivity contribution in [1.82, 2.24) is 0 Å². The van der Waals surface area contributed by atoms with Crippen LogP contribution in [0.25, 0.3) is 0 Å². The lowest BCUT2D eigenvalue weighted by Gasteiger charge is -2.08. The fraction of sp³-hybridized carbons (Fsp3) is 0.294. The minimum absolute atomic E-state index is 0.588. The Morgan fingerprint density at radius 2 is 1.63 bits per heavy atom. The lowest BCUT2D eigenvalue weighted by atomic mass is 10.0. The number of hydrogen-bond acceptors (Lipinski definition) is 2. The minimum atomic E-state index is 0.588. The summed E-state index contributed by atoms with van der Waals surface area (Å²) < 4.78 is 0. The molecule has 0 aliphatic heterocycles. The van der Waals surface area contributed by atoms with Gasteiger partial charge in [0.05, 0.1) is 0 Å². The number of benzene rings is 2. The van der Waals surface area contributed by atoms with Crippen LogP contribution in [0.3, 0.4) is 0 Å². The predicted molar refractivity (Wildman–Crippen MR) is 83.7 cm³/mol. The Balaban J connectivity index is 2.14. The average Bonchev–Trinajstić information content (AvgIpc) is 2.39. The monoisotopic (exact) mass is 271 g/mol. The van der Waals surface area contributed by atoms with Crippen molar-refractivity contribution in [3.05, 3.63) is 59.2 Å². The molecule has 2 heteroatoms. The lowest BCUT2D eigenvalue weighted by Crippen LogP contribution is -1.98. The Morgan fingerprint density at radius 3 is 2.16 bits per heavy atom. The van der Waals surface area contributed by atoms with Gasteiger partial charge in [-0.05, 0) is 53.8 Å². The molecule has 0 radical (unpaired) electrons. The van der Waals surface area contributed by atoms with Gasteiger partial charge in [-0.2, -0.15) is 0 Å². The third-order valence-corrected chi connectivity index (χ3v) is 4.31. The van der Waals surface area contributed by atoms with E-state index in [-0.39, 0.29) is 0 Å². The molecule has 0 spiro atoms. The van der Waals surface area contributed by atoms with E-state index in [0.717, 1.165) is 0 Å². The first-order valence-corrected chi connectivity index (χ1v) is 7.49. The molecule has 0 saturated carbocycles. The molecule has 2 aromatic carbocycles. The van der Waals surface area contributed by atoms with E-state index < -0.39 is 0 Å². The van der Waals surface area contributed by atoms with Crippen molar-refractivity contribution in [2.75, 3.05) is 0 Å². The van der Waals surface area contributed by atoms with Crippen LogP contribution >= 0.6 is 11.8 Å². The van der Waals surface area contributed by atoms with Gasteiger partial charge in [0.2, 0.25) is 0 Å². The quantitative estimate of drug-likeness (QED) is 0.870. The smallest absolute Gasteiger partial charge is 0.0180 e. The maximum absolute atomic E-state index is 5.69. The Kier molecular flexibility index (Phi) is 4.67. The molecule has 0 amide bonds. The third-order valence-electron chi connectivity index (χ3n) is 3.32. The van der Waals surface area contributed by atoms with E-state index in [4.69, 9.17) is 5.73 Å². The van der Waals surface area contributed by atoms with Gasteiger partial charge < -0.3 is 5.73 Å². The van der Waals surface area contributed by atoms with Gasteiger partial charge in [0.15, 0.2) is 0 Å². The summed E-state index contributed by atoms with van der Waals surface area (Å²) in [6.45, 7) is 7.17. The molecule has 0 aliphatic carbocycles. The highest BCUT2D eigenvalue weighted by atomic mass is 32.2. The van der Waals surface area contributed by atoms with Crippen molar-refractivity contribution < 1.29 is 0 Å². The molecule has 0 aromatic heterocycles. The van der Waals surface area contributed by atoms with Gasteiger partial charge in [-0.25, -0.2) is 0 Å². The van der Waals surface area contributed by atoms with Gasteiger partial charge in [-0.3, -0.25) is 0 Å². The minimum Gasteiger partial charge on any atom is -0.326 e. The largest absolute Gasteiger partial charge is 0.326 e. The molecule has 0 saturated heterocycles. The van der Waals surface area contributed by atoms with Crippen molar-refractivity contribution in [1.29, 1.82) is 0 Å². The fourth-order valence-electron chi connectivity index (χ4n) is 2.02. The number of rotatable bonds is 4. The average molecular weight is 271 g/mol. The molecule has 0 atom stereocenters. The van der Waals surface area contributed by atoms with E-state index in [1.165, 1.54) is 26.5 Å². The zero-order valence-corrected chi connectivity index (χ0v) is 12.6. The maximum Gasteiger partial charge on any atom is 0.0180 e. The van der Waals surface area contributed by atoms with E-state index in [1.54, 1.807) is 11.8 Å². The number of hydrogen-bond donors (Lipinski definition) is 1. The standard InChI is InChI=1S/C17H21NS/c1-12(2)14-4-7-16(8-5-14)19-17-9-6-15(11-18)13(3)10-17/h4-10,12H,11,18H2,1-3H3. The second kappa shape index (κ2) is 6.27. The van der Waals surface area contributed by atoms with Crippen molar-refractivity contribution in [2.24, 2.45) is 5.73 Å². The predicted octanol–water partition coefficient (Wildman–Crippen LogP) is 4.73. The fourth-order valence-corrected chi connectivity index (χ4v) is 2.93. The van der Waals surface area contributed by atoms with Gasteiger partial charge in [-0.1, -0.05) is 43.8 Å². The van der Waals surface area contributed by atoms with E-state index >= 15 is 0 Å². The van der Waals surface area contributed by atoms with Crippen LogP contribution in [0, 0.1) is 6.92 Å². The second-order valence-electron chi connectivity index (χ2n) is 5.12. The summed E-state index contributed by atoms with van der Waals surface area (Å²) in [7, 11) is 0. The van der Waals surface area contributed by atoms with Crippen LogP contribution in [-0.2, 0) is 6.54 Å². The first-order valence-electron chi connectivity index (χ1n) is 6.67. The highest BCUT2D eigenvalue weighted by Crippen LogP contribution is 2.30. The summed E-state index contributed by atoms with van der Waals surface area (Å²) in [6.07, 6.45) is 0. The van der Waals surface area contributed by atoms with E-state index in [2.05, 4.69) is 63.2 Å². The first-order chi connectivity index (χ1) is 9.10. The van der Waals surface area contributed by atoms with Gasteiger partial charge in [0, 0.05) is 16.3 Å². The summed E-state index contributed by atoms with van der Waals surface area (Å²) in [5, 5.41) is 0. The van der Waals surface area contributed by atoms with E-state index in [9.17, 15) is 0 Å². The molecule has 0 aliphatic rings.